The van der Waals surface area contributed by atoms with Crippen molar-refractivity contribution in [2.75, 3.05) is 19.6 Å². The molecule has 3 unspecified atom stereocenters. The van der Waals surface area contributed by atoms with E-state index in [4.69, 9.17) is 0 Å². The molecule has 28 heavy (non-hydrogen) atoms. The lowest BCUT2D eigenvalue weighted by molar-refractivity contribution is 0.173. The summed E-state index contributed by atoms with van der Waals surface area (Å²) in [5.41, 5.74) is 13.2. The van der Waals surface area contributed by atoms with E-state index in [0.717, 1.165) is 31.7 Å². The lowest BCUT2D eigenvalue weighted by Crippen LogP contribution is -2.41. The Labute approximate surface area is 165 Å². The first-order valence-corrected chi connectivity index (χ1v) is 10.0. The minimum atomic E-state index is 0.178. The first kappa shape index (κ1) is 17.6. The van der Waals surface area contributed by atoms with E-state index in [1.807, 2.05) is 18.7 Å². The number of aryl methyl sites for hydroxylation is 1. The molecule has 0 bridgehead atoms. The molecular weight excluding hydrogens is 348 g/mol. The number of aromatic amines is 1. The van der Waals surface area contributed by atoms with E-state index < -0.39 is 0 Å². The maximum atomic E-state index is 4.68. The first-order valence-electron chi connectivity index (χ1n) is 10.0. The van der Waals surface area contributed by atoms with Crippen molar-refractivity contribution in [1.29, 1.82) is 0 Å². The van der Waals surface area contributed by atoms with Crippen LogP contribution in [-0.4, -0.2) is 39.5 Å². The average Bonchev–Trinajstić information content (AvgIpc) is 3.38. The van der Waals surface area contributed by atoms with Crippen LogP contribution < -0.4 is 10.9 Å². The van der Waals surface area contributed by atoms with E-state index in [1.165, 1.54) is 22.4 Å². The summed E-state index contributed by atoms with van der Waals surface area (Å²) in [5, 5.41) is 0. The number of pyridine rings is 1. The first-order chi connectivity index (χ1) is 13.8. The molecule has 6 heteroatoms. The van der Waals surface area contributed by atoms with Crippen molar-refractivity contribution in [3.63, 3.8) is 0 Å². The normalized spacial score (nSPS) is 25.0. The number of hydrogen-bond acceptors (Lipinski definition) is 5. The Morgan fingerprint density at radius 2 is 1.89 bits per heavy atom. The second-order valence-corrected chi connectivity index (χ2v) is 7.87. The van der Waals surface area contributed by atoms with Gasteiger partial charge < -0.3 is 4.98 Å². The predicted molar refractivity (Wildman–Crippen MR) is 108 cm³/mol. The van der Waals surface area contributed by atoms with Gasteiger partial charge in [0.25, 0.3) is 0 Å². The van der Waals surface area contributed by atoms with Gasteiger partial charge in [0.2, 0.25) is 0 Å². The molecule has 0 radical (unpaired) electrons. The van der Waals surface area contributed by atoms with E-state index in [-0.39, 0.29) is 6.04 Å². The Bertz CT molecular complexity index is 920. The molecule has 0 spiro atoms. The minimum absolute atomic E-state index is 0.178. The van der Waals surface area contributed by atoms with E-state index in [9.17, 15) is 0 Å². The topological polar surface area (TPSA) is 68.9 Å². The molecule has 3 N–H and O–H groups in total. The van der Waals surface area contributed by atoms with Crippen LogP contribution in [0.15, 0.2) is 55.1 Å². The zero-order valence-electron chi connectivity index (χ0n) is 16.1. The lowest BCUT2D eigenvalue weighted by Gasteiger charge is -2.37. The molecule has 3 aromatic rings. The van der Waals surface area contributed by atoms with Crippen LogP contribution in [0.1, 0.15) is 40.2 Å². The van der Waals surface area contributed by atoms with Gasteiger partial charge in [0.15, 0.2) is 0 Å². The summed E-state index contributed by atoms with van der Waals surface area (Å²) in [6.07, 6.45) is 6.60. The lowest BCUT2D eigenvalue weighted by atomic mass is 9.90. The third-order valence-corrected chi connectivity index (χ3v) is 6.05. The highest BCUT2D eigenvalue weighted by Crippen LogP contribution is 2.35. The van der Waals surface area contributed by atoms with Crippen LogP contribution in [0, 0.1) is 12.8 Å². The van der Waals surface area contributed by atoms with E-state index in [2.05, 4.69) is 74.0 Å². The van der Waals surface area contributed by atoms with Gasteiger partial charge in [0.05, 0.1) is 24.1 Å². The van der Waals surface area contributed by atoms with Crippen molar-refractivity contribution in [3.8, 4) is 0 Å². The molecule has 144 valence electrons. The molecular formula is C22H26N6. The van der Waals surface area contributed by atoms with Gasteiger partial charge >= 0.3 is 0 Å². The van der Waals surface area contributed by atoms with Crippen LogP contribution >= 0.6 is 0 Å². The summed E-state index contributed by atoms with van der Waals surface area (Å²) in [4.78, 5) is 14.8. The van der Waals surface area contributed by atoms with Gasteiger partial charge in [-0.2, -0.15) is 0 Å². The number of hydrazine groups is 1. The van der Waals surface area contributed by atoms with Gasteiger partial charge in [-0.3, -0.25) is 15.3 Å². The standard InChI is InChI=1S/C22H26N6/c1-15-2-4-16(5-3-15)20-18(12-26-27-20)13-28-11-8-19-21(25-14-24-19)22(28)17-6-9-23-10-7-17/h2-7,9-10,14,18,20,22,26-27H,8,11-13H2,1H3,(H,24,25). The van der Waals surface area contributed by atoms with Gasteiger partial charge in [-0.05, 0) is 30.2 Å². The highest BCUT2D eigenvalue weighted by Gasteiger charge is 2.36. The second-order valence-electron chi connectivity index (χ2n) is 7.87. The number of nitrogens with zero attached hydrogens (tertiary/aromatic N) is 3. The Kier molecular flexibility index (Phi) is 4.68. The summed E-state index contributed by atoms with van der Waals surface area (Å²) in [7, 11) is 0. The molecule has 1 saturated heterocycles. The Morgan fingerprint density at radius 1 is 1.07 bits per heavy atom. The van der Waals surface area contributed by atoms with Crippen molar-refractivity contribution in [1.82, 2.24) is 30.7 Å². The van der Waals surface area contributed by atoms with Crippen molar-refractivity contribution >= 4 is 0 Å². The summed E-state index contributed by atoms with van der Waals surface area (Å²) >= 11 is 0. The fourth-order valence-corrected chi connectivity index (χ4v) is 4.57. The Hall–Kier alpha value is -2.54. The molecule has 1 fully saturated rings. The molecule has 0 saturated carbocycles. The number of benzene rings is 1. The van der Waals surface area contributed by atoms with E-state index in [0.29, 0.717) is 12.0 Å². The number of rotatable bonds is 4. The van der Waals surface area contributed by atoms with Crippen LogP contribution in [0.3, 0.4) is 0 Å². The van der Waals surface area contributed by atoms with Crippen LogP contribution in [0.4, 0.5) is 0 Å². The average molecular weight is 374 g/mol. The Morgan fingerprint density at radius 3 is 2.71 bits per heavy atom. The molecule has 6 nitrogen and oxygen atoms in total. The molecule has 0 aliphatic carbocycles. The monoisotopic (exact) mass is 374 g/mol. The highest BCUT2D eigenvalue weighted by molar-refractivity contribution is 5.32. The number of nitrogens with one attached hydrogen (secondary N) is 3. The van der Waals surface area contributed by atoms with Crippen LogP contribution in [0.2, 0.25) is 0 Å². The number of H-pyrrole nitrogens is 1. The number of aromatic nitrogens is 3. The minimum Gasteiger partial charge on any atom is -0.348 e. The zero-order valence-corrected chi connectivity index (χ0v) is 16.1. The van der Waals surface area contributed by atoms with Crippen molar-refractivity contribution in [2.45, 2.75) is 25.4 Å². The summed E-state index contributed by atoms with van der Waals surface area (Å²) in [6, 6.07) is 13.6. The van der Waals surface area contributed by atoms with Gasteiger partial charge in [-0.15, -0.1) is 0 Å². The van der Waals surface area contributed by atoms with Crippen molar-refractivity contribution < 1.29 is 0 Å². The van der Waals surface area contributed by atoms with Gasteiger partial charge in [-0.1, -0.05) is 29.8 Å². The van der Waals surface area contributed by atoms with E-state index >= 15 is 0 Å². The number of hydrogen-bond donors (Lipinski definition) is 3. The van der Waals surface area contributed by atoms with Crippen molar-refractivity contribution in [3.05, 3.63) is 83.2 Å². The molecule has 2 aliphatic rings. The predicted octanol–water partition coefficient (Wildman–Crippen LogP) is 2.53. The molecule has 1 aromatic carbocycles. The largest absolute Gasteiger partial charge is 0.348 e. The molecule has 3 atom stereocenters. The molecule has 4 heterocycles. The summed E-state index contributed by atoms with van der Waals surface area (Å²) in [6.45, 7) is 5.14. The van der Waals surface area contributed by atoms with Gasteiger partial charge in [0, 0.05) is 50.1 Å². The number of fused-ring (bicyclic) bond motifs is 1. The summed E-state index contributed by atoms with van der Waals surface area (Å²) in [5.74, 6) is 0.493. The van der Waals surface area contributed by atoms with E-state index in [1.54, 1.807) is 0 Å². The third-order valence-electron chi connectivity index (χ3n) is 6.05. The van der Waals surface area contributed by atoms with Crippen LogP contribution in [-0.2, 0) is 6.42 Å². The molecule has 5 rings (SSSR count). The smallest absolute Gasteiger partial charge is 0.0926 e. The fraction of sp³-hybridized carbons (Fsp3) is 0.364. The maximum absolute atomic E-state index is 4.68. The Balaban J connectivity index is 1.42. The third kappa shape index (κ3) is 3.24. The molecule has 2 aliphatic heterocycles. The summed E-state index contributed by atoms with van der Waals surface area (Å²) < 4.78 is 0. The zero-order chi connectivity index (χ0) is 18.9. The van der Waals surface area contributed by atoms with Gasteiger partial charge in [0.1, 0.15) is 0 Å². The van der Waals surface area contributed by atoms with Gasteiger partial charge in [-0.25, -0.2) is 10.4 Å². The quantitative estimate of drug-likeness (QED) is 0.655. The fourth-order valence-electron chi connectivity index (χ4n) is 4.57. The SMILES string of the molecule is Cc1ccc(C2NNCC2CN2CCc3[nH]cnc3C2c2ccncc2)cc1. The molecule has 0 amide bonds. The maximum Gasteiger partial charge on any atom is 0.0926 e. The molecule has 2 aromatic heterocycles. The number of imidazole rings is 1. The van der Waals surface area contributed by atoms with Crippen LogP contribution in [0.25, 0.3) is 0 Å². The van der Waals surface area contributed by atoms with Crippen molar-refractivity contribution in [2.24, 2.45) is 5.92 Å². The highest BCUT2D eigenvalue weighted by atomic mass is 15.4. The van der Waals surface area contributed by atoms with Crippen LogP contribution in [0.5, 0.6) is 0 Å². The second kappa shape index (κ2) is 7.47.